The number of aliphatic hydroxyl groups is 7. The Morgan fingerprint density at radius 2 is 1.06 bits per heavy atom. The van der Waals surface area contributed by atoms with Gasteiger partial charge in [-0.1, -0.05) is 127 Å². The Kier molecular flexibility index (Phi) is 40.2. The SMILES string of the molecule is CCCCCCCCCCCCC[C@@H]1CC(=O)N[C@@H]([C@H](C)O)C(=O)N[C@H](C)C(=O)N[C@@H](Cc2ccc(OCc3ccccc3)cc2)C(=O)N[C@@H](C(C)C)C(=O)N2C[C@H](O)C[C@H]2C(=O)N[C@H]([C@@H](C)O)C(=O)N[C@@H]([C@@H](C)O)C(=O)N2CC[C@H](O)[C@H]2C(=O)N[C@@H]([C@H](O)CC(N)=O)C(=O)NCC(=O)N[C@@H]([C@@H](C)O)C(=O)N[C@@H](CCCN)C(=O)O1. The first-order valence-electron chi connectivity index (χ1n) is 39.8. The Bertz CT molecular complexity index is 3560. The highest BCUT2D eigenvalue weighted by Gasteiger charge is 2.48. The summed E-state index contributed by atoms with van der Waals surface area (Å²) in [7, 11) is 0. The summed E-state index contributed by atoms with van der Waals surface area (Å²) in [6.45, 7) is 9.02. The smallest absolute Gasteiger partial charge is 0.328 e. The lowest BCUT2D eigenvalue weighted by Gasteiger charge is -2.34. The number of fused-ring (bicyclic) bond motifs is 2. The minimum atomic E-state index is -2.22. The number of nitrogens with two attached hydrogens (primary N) is 2. The number of hydrogen-bond acceptors (Lipinski definition) is 24. The van der Waals surface area contributed by atoms with Gasteiger partial charge in [0.15, 0.2) is 0 Å². The van der Waals surface area contributed by atoms with Gasteiger partial charge in [-0.15, -0.1) is 0 Å². The maximum Gasteiger partial charge on any atom is 0.328 e. The Balaban J connectivity index is 1.55. The highest BCUT2D eigenvalue weighted by atomic mass is 16.5. The molecule has 0 bridgehead atoms. The first-order chi connectivity index (χ1) is 54.5. The van der Waals surface area contributed by atoms with Crippen molar-refractivity contribution in [1.29, 1.82) is 0 Å². The quantitative estimate of drug-likeness (QED) is 0.0289. The van der Waals surface area contributed by atoms with Crippen LogP contribution >= 0.6 is 0 Å². The molecule has 0 aliphatic carbocycles. The minimum absolute atomic E-state index is 0.0153. The Labute approximate surface area is 669 Å². The van der Waals surface area contributed by atoms with Crippen molar-refractivity contribution in [3.63, 3.8) is 0 Å². The summed E-state index contributed by atoms with van der Waals surface area (Å²) in [6.07, 6.45) is -5.90. The number of nitrogens with zero attached hydrogens (tertiary/aromatic N) is 2. The second kappa shape index (κ2) is 48.1. The number of benzene rings is 2. The summed E-state index contributed by atoms with van der Waals surface area (Å²) >= 11 is 0. The summed E-state index contributed by atoms with van der Waals surface area (Å²) in [5.74, 6) is -16.4. The average Bonchev–Trinajstić information content (AvgIpc) is 1.70. The molecule has 19 atom stereocenters. The number of rotatable bonds is 28. The van der Waals surface area contributed by atoms with Crippen LogP contribution in [-0.4, -0.2) is 270 Å². The molecular weight excluding hydrogens is 1500 g/mol. The van der Waals surface area contributed by atoms with E-state index in [9.17, 15) is 103 Å². The molecule has 37 heteroatoms. The summed E-state index contributed by atoms with van der Waals surface area (Å²) in [6, 6.07) is -3.99. The van der Waals surface area contributed by atoms with E-state index in [-0.39, 0.29) is 45.3 Å². The lowest BCUT2D eigenvalue weighted by Crippen LogP contribution is -2.64. The third kappa shape index (κ3) is 30.9. The van der Waals surface area contributed by atoms with E-state index >= 15 is 0 Å². The first-order valence-corrected chi connectivity index (χ1v) is 39.8. The van der Waals surface area contributed by atoms with Gasteiger partial charge >= 0.3 is 5.97 Å². The lowest BCUT2D eigenvalue weighted by atomic mass is 9.99. The molecule has 3 fully saturated rings. The van der Waals surface area contributed by atoms with Crippen molar-refractivity contribution in [2.75, 3.05) is 26.2 Å². The topological polar surface area (TPSA) is 578 Å². The Morgan fingerprint density at radius 1 is 0.539 bits per heavy atom. The maximum absolute atomic E-state index is 14.9. The van der Waals surface area contributed by atoms with E-state index in [2.05, 4.69) is 60.1 Å². The van der Waals surface area contributed by atoms with Gasteiger partial charge in [-0.25, -0.2) is 4.79 Å². The number of cyclic esters (lactones) is 1. The standard InChI is InChI=1S/C78H122N14O23/c1-9-10-11-12-13-14-15-16-17-18-22-26-52-37-59(101)85-62(44(5)93)72(107)82-43(4)68(103)84-54(35-48-28-30-51(31-29-48)114-41-49-24-20-19-21-25-49)69(104)87-61(42(2)3)76(111)92-40-50(97)36-55(92)70(105)88-64(46(7)95)74(109)89-65(47(8)96)77(112)91-34-32-56(98)67(91)75(110)90-66(57(99)38-58(80)100)71(106)81-39-60(102)86-63(45(6)94)73(108)83-53(27-23-33-79)78(113)115-52/h19-21,24-25,28-31,42-47,50,52-57,61-67,93-99H,9-18,22-23,26-27,32-41,79H2,1-8H3,(H2,80,100)(H,81,106)(H,82,107)(H,83,108)(H,84,103)(H,85,101)(H,86,102)(H,87,104)(H,88,105)(H,89,109)(H,90,110)/t43-,44+,45-,46-,47-,50-,52-,53+,54+,55+,56+,57-,61+,62+,63+,64-,65+,66+,67+/m1/s1. The normalized spacial score (nSPS) is 27.1. The number of carbonyl (C=O) groups is 14. The number of nitrogens with one attached hydrogen (secondary N) is 10. The van der Waals surface area contributed by atoms with Crippen molar-refractivity contribution in [2.24, 2.45) is 17.4 Å². The van der Waals surface area contributed by atoms with Gasteiger partial charge in [0, 0.05) is 25.9 Å². The number of amides is 13. The molecule has 37 nitrogen and oxygen atoms in total. The van der Waals surface area contributed by atoms with Gasteiger partial charge in [-0.05, 0) is 102 Å². The van der Waals surface area contributed by atoms with Crippen LogP contribution in [0.25, 0.3) is 0 Å². The molecule has 3 aliphatic rings. The largest absolute Gasteiger partial charge is 0.489 e. The van der Waals surface area contributed by atoms with Crippen LogP contribution in [0.2, 0.25) is 0 Å². The highest BCUT2D eigenvalue weighted by Crippen LogP contribution is 2.26. The summed E-state index contributed by atoms with van der Waals surface area (Å²) in [4.78, 5) is 200. The van der Waals surface area contributed by atoms with Crippen LogP contribution in [0, 0.1) is 5.92 Å². The van der Waals surface area contributed by atoms with Crippen molar-refractivity contribution in [3.05, 3.63) is 65.7 Å². The second-order valence-corrected chi connectivity index (χ2v) is 30.4. The van der Waals surface area contributed by atoms with Crippen LogP contribution in [0.1, 0.15) is 182 Å². The van der Waals surface area contributed by atoms with E-state index in [1.54, 1.807) is 38.1 Å². The van der Waals surface area contributed by atoms with Gasteiger partial charge in [-0.3, -0.25) is 62.3 Å². The second-order valence-electron chi connectivity index (χ2n) is 30.4. The van der Waals surface area contributed by atoms with Crippen LogP contribution in [0.15, 0.2) is 54.6 Å². The van der Waals surface area contributed by atoms with Crippen molar-refractivity contribution < 1.29 is 112 Å². The van der Waals surface area contributed by atoms with E-state index in [1.165, 1.54) is 20.3 Å². The van der Waals surface area contributed by atoms with E-state index in [0.29, 0.717) is 29.1 Å². The van der Waals surface area contributed by atoms with Crippen LogP contribution in [-0.2, 0) is 84.9 Å². The highest BCUT2D eigenvalue weighted by molar-refractivity contribution is 6.00. The third-order valence-electron chi connectivity index (χ3n) is 20.2. The van der Waals surface area contributed by atoms with Gasteiger partial charge in [-0.2, -0.15) is 0 Å². The molecule has 2 aromatic carbocycles. The van der Waals surface area contributed by atoms with Gasteiger partial charge in [0.05, 0.1) is 62.1 Å². The van der Waals surface area contributed by atoms with E-state index < -0.39 is 243 Å². The number of hydrogen-bond donors (Lipinski definition) is 19. The molecule has 0 radical (unpaired) electrons. The van der Waals surface area contributed by atoms with E-state index in [0.717, 1.165) is 82.6 Å². The molecule has 21 N–H and O–H groups in total. The van der Waals surface area contributed by atoms with Crippen LogP contribution in [0.4, 0.5) is 0 Å². The van der Waals surface area contributed by atoms with Crippen molar-refractivity contribution in [2.45, 2.75) is 299 Å². The molecule has 642 valence electrons. The Morgan fingerprint density at radius 3 is 1.63 bits per heavy atom. The zero-order valence-corrected chi connectivity index (χ0v) is 66.9. The average molecular weight is 1620 g/mol. The third-order valence-corrected chi connectivity index (χ3v) is 20.2. The summed E-state index contributed by atoms with van der Waals surface area (Å²) < 4.78 is 12.0. The number of aliphatic hydroxyl groups excluding tert-OH is 7. The van der Waals surface area contributed by atoms with Crippen molar-refractivity contribution in [1.82, 2.24) is 63.0 Å². The minimum Gasteiger partial charge on any atom is -0.489 e. The number of unbranched alkanes of at least 4 members (excludes halogenated alkanes) is 10. The summed E-state index contributed by atoms with van der Waals surface area (Å²) in [5, 5.41) is 102. The van der Waals surface area contributed by atoms with Crippen LogP contribution in [0.3, 0.4) is 0 Å². The van der Waals surface area contributed by atoms with E-state index in [1.807, 2.05) is 30.3 Å². The number of carbonyl (C=O) groups excluding carboxylic acids is 14. The molecular formula is C78H122N14O23. The van der Waals surface area contributed by atoms with Gasteiger partial charge < -0.3 is 120 Å². The number of primary amides is 1. The van der Waals surface area contributed by atoms with Gasteiger partial charge in [0.2, 0.25) is 76.8 Å². The molecule has 0 unspecified atom stereocenters. The van der Waals surface area contributed by atoms with E-state index in [4.69, 9.17) is 20.9 Å². The van der Waals surface area contributed by atoms with Crippen LogP contribution < -0.4 is 69.4 Å². The number of ether oxygens (including phenoxy) is 2. The lowest BCUT2D eigenvalue weighted by molar-refractivity contribution is -0.155. The predicted octanol–water partition coefficient (Wildman–Crippen LogP) is -3.60. The molecule has 115 heavy (non-hydrogen) atoms. The van der Waals surface area contributed by atoms with Crippen molar-refractivity contribution in [3.8, 4) is 5.75 Å². The zero-order valence-electron chi connectivity index (χ0n) is 66.9. The fraction of sp³-hybridized carbons (Fsp3) is 0.667. The van der Waals surface area contributed by atoms with Crippen molar-refractivity contribution >= 4 is 82.8 Å². The molecule has 13 amide bonds. The molecule has 3 saturated heterocycles. The fourth-order valence-corrected chi connectivity index (χ4v) is 13.6. The molecule has 2 aromatic rings. The predicted molar refractivity (Wildman–Crippen MR) is 414 cm³/mol. The molecule has 3 aliphatic heterocycles. The molecule has 0 saturated carbocycles. The molecule has 0 aromatic heterocycles. The number of esters is 1. The monoisotopic (exact) mass is 1620 g/mol. The molecule has 5 rings (SSSR count). The maximum atomic E-state index is 14.9. The first kappa shape index (κ1) is 96.1. The fourth-order valence-electron chi connectivity index (χ4n) is 13.6. The summed E-state index contributed by atoms with van der Waals surface area (Å²) in [5.41, 5.74) is 12.5. The molecule has 3 heterocycles. The van der Waals surface area contributed by atoms with Crippen LogP contribution in [0.5, 0.6) is 5.75 Å². The zero-order chi connectivity index (χ0) is 85.3. The van der Waals surface area contributed by atoms with Gasteiger partial charge in [0.1, 0.15) is 84.9 Å². The molecule has 0 spiro atoms. The Hall–Kier alpha value is -9.50. The van der Waals surface area contributed by atoms with Gasteiger partial charge in [0.25, 0.3) is 0 Å².